The van der Waals surface area contributed by atoms with Crippen molar-refractivity contribution in [3.63, 3.8) is 0 Å². The average molecular weight is 357 g/mol. The summed E-state index contributed by atoms with van der Waals surface area (Å²) < 4.78 is 0. The molecule has 26 heavy (non-hydrogen) atoms. The Morgan fingerprint density at radius 1 is 1.15 bits per heavy atom. The van der Waals surface area contributed by atoms with E-state index in [0.29, 0.717) is 6.04 Å². The molecule has 4 nitrogen and oxygen atoms in total. The third-order valence-corrected chi connectivity index (χ3v) is 6.16. The normalized spacial score (nSPS) is 27.2. The van der Waals surface area contributed by atoms with Gasteiger partial charge >= 0.3 is 0 Å². The Balaban J connectivity index is 1.50. The molecule has 1 aromatic carbocycles. The fourth-order valence-electron chi connectivity index (χ4n) is 4.66. The van der Waals surface area contributed by atoms with Crippen molar-refractivity contribution in [3.05, 3.63) is 35.9 Å². The quantitative estimate of drug-likeness (QED) is 0.627. The summed E-state index contributed by atoms with van der Waals surface area (Å²) in [6, 6.07) is 12.8. The minimum atomic E-state index is 0.183. The number of nitrogens with zero attached hydrogens (tertiary/aromatic N) is 2. The van der Waals surface area contributed by atoms with Crippen LogP contribution in [0.4, 0.5) is 0 Å². The number of fused-ring (bicyclic) bond motifs is 2. The Kier molecular flexibility index (Phi) is 6.23. The largest absolute Gasteiger partial charge is 0.356 e. The first-order valence-corrected chi connectivity index (χ1v) is 10.2. The Morgan fingerprint density at radius 2 is 1.81 bits per heavy atom. The van der Waals surface area contributed by atoms with Crippen LogP contribution >= 0.6 is 0 Å². The van der Waals surface area contributed by atoms with Crippen LogP contribution in [0.1, 0.15) is 51.5 Å². The standard InChI is InChI=1S/C22H36N4/c1-22(2,15-17-9-6-5-7-10-17)16-24-21(23-3)25-18-13-19-11-8-12-20(14-18)26(19)4/h5-7,9-10,18-20H,8,11-16H2,1-4H3,(H2,23,24,25). The zero-order valence-corrected chi connectivity index (χ0v) is 17.0. The molecule has 2 fully saturated rings. The second kappa shape index (κ2) is 8.43. The predicted molar refractivity (Wildman–Crippen MR) is 111 cm³/mol. The molecule has 2 aliphatic rings. The smallest absolute Gasteiger partial charge is 0.191 e. The summed E-state index contributed by atoms with van der Waals surface area (Å²) in [5.74, 6) is 0.957. The predicted octanol–water partition coefficient (Wildman–Crippen LogP) is 3.44. The molecule has 4 heteroatoms. The zero-order valence-electron chi connectivity index (χ0n) is 17.0. The monoisotopic (exact) mass is 356 g/mol. The third-order valence-electron chi connectivity index (χ3n) is 6.16. The molecule has 3 rings (SSSR count). The van der Waals surface area contributed by atoms with Crippen molar-refractivity contribution in [1.82, 2.24) is 15.5 Å². The molecule has 2 saturated heterocycles. The molecular weight excluding hydrogens is 320 g/mol. The lowest BCUT2D eigenvalue weighted by molar-refractivity contribution is 0.0526. The van der Waals surface area contributed by atoms with E-state index in [4.69, 9.17) is 0 Å². The molecule has 0 radical (unpaired) electrons. The highest BCUT2D eigenvalue weighted by Gasteiger charge is 2.36. The summed E-state index contributed by atoms with van der Waals surface area (Å²) in [5, 5.41) is 7.28. The van der Waals surface area contributed by atoms with Crippen LogP contribution in [-0.2, 0) is 6.42 Å². The number of guanidine groups is 1. The Morgan fingerprint density at radius 3 is 2.42 bits per heavy atom. The topological polar surface area (TPSA) is 39.7 Å². The molecule has 0 amide bonds. The number of hydrogen-bond acceptors (Lipinski definition) is 2. The van der Waals surface area contributed by atoms with Crippen LogP contribution in [0.2, 0.25) is 0 Å². The highest BCUT2D eigenvalue weighted by molar-refractivity contribution is 5.80. The maximum absolute atomic E-state index is 4.49. The van der Waals surface area contributed by atoms with E-state index in [1.165, 1.54) is 37.7 Å². The van der Waals surface area contributed by atoms with Crippen LogP contribution in [0, 0.1) is 5.41 Å². The van der Waals surface area contributed by atoms with Gasteiger partial charge in [-0.2, -0.15) is 0 Å². The van der Waals surface area contributed by atoms with Gasteiger partial charge in [-0.25, -0.2) is 0 Å². The molecule has 2 unspecified atom stereocenters. The van der Waals surface area contributed by atoms with Crippen LogP contribution in [0.5, 0.6) is 0 Å². The third kappa shape index (κ3) is 5.00. The number of aliphatic imine (C=N–C) groups is 1. The van der Waals surface area contributed by atoms with Gasteiger partial charge in [0.2, 0.25) is 0 Å². The summed E-state index contributed by atoms with van der Waals surface area (Å²) >= 11 is 0. The van der Waals surface area contributed by atoms with Gasteiger partial charge in [0, 0.05) is 31.7 Å². The van der Waals surface area contributed by atoms with E-state index in [2.05, 4.69) is 71.8 Å². The van der Waals surface area contributed by atoms with Gasteiger partial charge in [-0.15, -0.1) is 0 Å². The van der Waals surface area contributed by atoms with E-state index >= 15 is 0 Å². The second-order valence-electron chi connectivity index (χ2n) is 8.97. The zero-order chi connectivity index (χ0) is 18.6. The van der Waals surface area contributed by atoms with Crippen molar-refractivity contribution in [2.24, 2.45) is 10.4 Å². The lowest BCUT2D eigenvalue weighted by atomic mass is 9.82. The molecule has 2 atom stereocenters. The van der Waals surface area contributed by atoms with E-state index in [-0.39, 0.29) is 5.41 Å². The van der Waals surface area contributed by atoms with Crippen molar-refractivity contribution in [1.29, 1.82) is 0 Å². The lowest BCUT2D eigenvalue weighted by Crippen LogP contribution is -2.57. The molecule has 0 saturated carbocycles. The van der Waals surface area contributed by atoms with Gasteiger partial charge in [0.1, 0.15) is 0 Å². The molecule has 1 aromatic rings. The maximum atomic E-state index is 4.49. The number of benzene rings is 1. The molecule has 2 heterocycles. The Labute approximate surface area is 159 Å². The van der Waals surface area contributed by atoms with Gasteiger partial charge in [-0.1, -0.05) is 50.6 Å². The Hall–Kier alpha value is -1.55. The molecule has 0 aromatic heterocycles. The summed E-state index contributed by atoms with van der Waals surface area (Å²) in [7, 11) is 4.19. The first-order chi connectivity index (χ1) is 12.5. The molecule has 2 aliphatic heterocycles. The van der Waals surface area contributed by atoms with Crippen LogP contribution in [0.3, 0.4) is 0 Å². The van der Waals surface area contributed by atoms with Gasteiger partial charge in [0.15, 0.2) is 5.96 Å². The van der Waals surface area contributed by atoms with Crippen LogP contribution in [0.15, 0.2) is 35.3 Å². The molecule has 144 valence electrons. The van der Waals surface area contributed by atoms with Gasteiger partial charge < -0.3 is 15.5 Å². The van der Waals surface area contributed by atoms with Crippen LogP contribution in [0.25, 0.3) is 0 Å². The van der Waals surface area contributed by atoms with Gasteiger partial charge in [0.05, 0.1) is 0 Å². The summed E-state index contributed by atoms with van der Waals surface area (Å²) in [6.45, 7) is 5.56. The maximum Gasteiger partial charge on any atom is 0.191 e. The summed E-state index contributed by atoms with van der Waals surface area (Å²) in [6.07, 6.45) is 7.63. The summed E-state index contributed by atoms with van der Waals surface area (Å²) in [4.78, 5) is 7.10. The van der Waals surface area contributed by atoms with Gasteiger partial charge in [-0.3, -0.25) is 4.99 Å². The molecule has 2 N–H and O–H groups in total. The summed E-state index contributed by atoms with van der Waals surface area (Å²) in [5.41, 5.74) is 1.58. The number of nitrogens with one attached hydrogen (secondary N) is 2. The van der Waals surface area contributed by atoms with Crippen molar-refractivity contribution < 1.29 is 0 Å². The van der Waals surface area contributed by atoms with E-state index in [9.17, 15) is 0 Å². The molecular formula is C22H36N4. The lowest BCUT2D eigenvalue weighted by Gasteiger charge is -2.47. The molecule has 2 bridgehead atoms. The molecule has 0 aliphatic carbocycles. The van der Waals surface area contributed by atoms with E-state index in [1.807, 2.05) is 7.05 Å². The minimum absolute atomic E-state index is 0.183. The van der Waals surface area contributed by atoms with Crippen LogP contribution < -0.4 is 10.6 Å². The SMILES string of the molecule is CN=C(NCC(C)(C)Cc1ccccc1)NC1CC2CCCC(C1)N2C. The van der Waals surface area contributed by atoms with Crippen molar-refractivity contribution in [2.75, 3.05) is 20.6 Å². The Bertz CT molecular complexity index is 581. The van der Waals surface area contributed by atoms with Crippen molar-refractivity contribution >= 4 is 5.96 Å². The first kappa shape index (κ1) is 19.2. The average Bonchev–Trinajstić information content (AvgIpc) is 2.60. The van der Waals surface area contributed by atoms with E-state index < -0.39 is 0 Å². The van der Waals surface area contributed by atoms with E-state index in [1.54, 1.807) is 0 Å². The molecule has 0 spiro atoms. The van der Waals surface area contributed by atoms with Crippen molar-refractivity contribution in [2.45, 2.75) is 70.5 Å². The first-order valence-electron chi connectivity index (χ1n) is 10.2. The van der Waals surface area contributed by atoms with Gasteiger partial charge in [0.25, 0.3) is 0 Å². The number of piperidine rings is 2. The highest BCUT2D eigenvalue weighted by atomic mass is 15.2. The minimum Gasteiger partial charge on any atom is -0.356 e. The fraction of sp³-hybridized carbons (Fsp3) is 0.682. The van der Waals surface area contributed by atoms with E-state index in [0.717, 1.165) is 31.0 Å². The van der Waals surface area contributed by atoms with Gasteiger partial charge in [-0.05, 0) is 50.1 Å². The number of hydrogen-bond donors (Lipinski definition) is 2. The fourth-order valence-corrected chi connectivity index (χ4v) is 4.66. The second-order valence-corrected chi connectivity index (χ2v) is 8.97. The number of rotatable bonds is 5. The van der Waals surface area contributed by atoms with Crippen LogP contribution in [-0.4, -0.2) is 49.6 Å². The van der Waals surface area contributed by atoms with Crippen molar-refractivity contribution in [3.8, 4) is 0 Å². The highest BCUT2D eigenvalue weighted by Crippen LogP contribution is 2.32.